The maximum Gasteiger partial charge on any atom is 0.109 e. The van der Waals surface area contributed by atoms with Crippen molar-refractivity contribution < 1.29 is 0 Å². The maximum absolute atomic E-state index is 4.61. The van der Waals surface area contributed by atoms with Crippen LogP contribution in [0, 0.1) is 0 Å². The fourth-order valence-electron chi connectivity index (χ4n) is 1.86. The number of hydrogen-bond acceptors (Lipinski definition) is 2. The van der Waals surface area contributed by atoms with Gasteiger partial charge in [0.1, 0.15) is 5.82 Å². The van der Waals surface area contributed by atoms with Crippen molar-refractivity contribution in [2.75, 3.05) is 7.05 Å². The topological polar surface area (TPSA) is 31.9 Å². The van der Waals surface area contributed by atoms with Gasteiger partial charge in [-0.1, -0.05) is 0 Å². The lowest BCUT2D eigenvalue weighted by atomic mass is 10.4. The molecule has 3 rings (SSSR count). The normalized spacial score (nSPS) is 23.1. The van der Waals surface area contributed by atoms with Crippen molar-refractivity contribution in [1.82, 2.24) is 14.9 Å². The summed E-state index contributed by atoms with van der Waals surface area (Å²) in [6, 6.07) is 0. The van der Waals surface area contributed by atoms with Gasteiger partial charge in [-0.05, 0) is 19.9 Å². The van der Waals surface area contributed by atoms with E-state index in [1.54, 1.807) is 0 Å². The monoisotopic (exact) mass is 163 g/mol. The molecule has 3 nitrogen and oxygen atoms in total. The van der Waals surface area contributed by atoms with Gasteiger partial charge < -0.3 is 4.98 Å². The van der Waals surface area contributed by atoms with Gasteiger partial charge in [-0.2, -0.15) is 0 Å². The highest BCUT2D eigenvalue weighted by atomic mass is 15.2. The standard InChI is InChI=1S/C9H13N3/c1-12-4-7-8(5-12)11-9(10-7)6-2-3-6/h6H,2-5H2,1H3,(H,10,11). The summed E-state index contributed by atoms with van der Waals surface area (Å²) < 4.78 is 0. The van der Waals surface area contributed by atoms with Crippen LogP contribution in [0.5, 0.6) is 0 Å². The first-order valence-corrected chi connectivity index (χ1v) is 4.59. The maximum atomic E-state index is 4.61. The molecular weight excluding hydrogens is 150 g/mol. The van der Waals surface area contributed by atoms with E-state index in [4.69, 9.17) is 0 Å². The summed E-state index contributed by atoms with van der Waals surface area (Å²) in [6.45, 7) is 2.08. The second kappa shape index (κ2) is 2.10. The number of rotatable bonds is 1. The number of aromatic nitrogens is 2. The van der Waals surface area contributed by atoms with Crippen LogP contribution in [0.15, 0.2) is 0 Å². The molecule has 12 heavy (non-hydrogen) atoms. The Morgan fingerprint density at radius 3 is 2.92 bits per heavy atom. The van der Waals surface area contributed by atoms with Crippen LogP contribution < -0.4 is 0 Å². The lowest BCUT2D eigenvalue weighted by molar-refractivity contribution is 0.346. The lowest BCUT2D eigenvalue weighted by Gasteiger charge is -2.04. The van der Waals surface area contributed by atoms with E-state index >= 15 is 0 Å². The summed E-state index contributed by atoms with van der Waals surface area (Å²) in [5.74, 6) is 2.01. The van der Waals surface area contributed by atoms with Crippen LogP contribution in [0.4, 0.5) is 0 Å². The molecule has 0 radical (unpaired) electrons. The predicted octanol–water partition coefficient (Wildman–Crippen LogP) is 1.23. The molecule has 0 amide bonds. The van der Waals surface area contributed by atoms with Crippen LogP contribution in [0.3, 0.4) is 0 Å². The van der Waals surface area contributed by atoms with Crippen molar-refractivity contribution in [3.63, 3.8) is 0 Å². The van der Waals surface area contributed by atoms with Crippen molar-refractivity contribution in [1.29, 1.82) is 0 Å². The molecule has 64 valence electrons. The Balaban J connectivity index is 1.94. The van der Waals surface area contributed by atoms with Crippen molar-refractivity contribution in [3.8, 4) is 0 Å². The lowest BCUT2D eigenvalue weighted by Crippen LogP contribution is -2.09. The van der Waals surface area contributed by atoms with Crippen LogP contribution in [0.25, 0.3) is 0 Å². The molecule has 2 aliphatic rings. The predicted molar refractivity (Wildman–Crippen MR) is 45.7 cm³/mol. The first-order valence-electron chi connectivity index (χ1n) is 4.59. The Labute approximate surface area is 71.8 Å². The van der Waals surface area contributed by atoms with Gasteiger partial charge in [0.2, 0.25) is 0 Å². The minimum absolute atomic E-state index is 0.765. The molecule has 0 unspecified atom stereocenters. The average Bonchev–Trinajstić information content (AvgIpc) is 2.69. The molecule has 0 atom stereocenters. The first kappa shape index (κ1) is 6.66. The summed E-state index contributed by atoms with van der Waals surface area (Å²) in [5, 5.41) is 0. The molecule has 0 aromatic carbocycles. The third kappa shape index (κ3) is 0.894. The van der Waals surface area contributed by atoms with Gasteiger partial charge in [-0.3, -0.25) is 4.90 Å². The molecule has 1 aromatic rings. The van der Waals surface area contributed by atoms with E-state index in [1.165, 1.54) is 30.1 Å². The molecule has 0 saturated heterocycles. The Hall–Kier alpha value is -0.830. The first-order chi connectivity index (χ1) is 5.83. The number of H-pyrrole nitrogens is 1. The summed E-state index contributed by atoms with van der Waals surface area (Å²) in [6.07, 6.45) is 2.67. The zero-order valence-corrected chi connectivity index (χ0v) is 7.30. The second-order valence-electron chi connectivity index (χ2n) is 3.99. The molecule has 1 aliphatic heterocycles. The number of nitrogens with one attached hydrogen (secondary N) is 1. The van der Waals surface area contributed by atoms with E-state index < -0.39 is 0 Å². The number of aromatic amines is 1. The summed E-state index contributed by atoms with van der Waals surface area (Å²) in [5.41, 5.74) is 2.62. The van der Waals surface area contributed by atoms with E-state index in [1.807, 2.05) is 0 Å². The third-order valence-corrected chi connectivity index (χ3v) is 2.69. The van der Waals surface area contributed by atoms with Gasteiger partial charge in [0, 0.05) is 19.0 Å². The molecule has 1 aromatic heterocycles. The largest absolute Gasteiger partial charge is 0.344 e. The molecule has 1 saturated carbocycles. The quantitative estimate of drug-likeness (QED) is 0.675. The average molecular weight is 163 g/mol. The number of imidazole rings is 1. The minimum atomic E-state index is 0.765. The highest BCUT2D eigenvalue weighted by molar-refractivity contribution is 5.22. The van der Waals surface area contributed by atoms with E-state index in [2.05, 4.69) is 21.9 Å². The molecule has 1 N–H and O–H groups in total. The Morgan fingerprint density at radius 1 is 1.42 bits per heavy atom. The molecular formula is C9H13N3. The van der Waals surface area contributed by atoms with Crippen LogP contribution >= 0.6 is 0 Å². The van der Waals surface area contributed by atoms with Crippen LogP contribution in [0.2, 0.25) is 0 Å². The van der Waals surface area contributed by atoms with E-state index in [0.717, 1.165) is 19.0 Å². The van der Waals surface area contributed by atoms with Gasteiger partial charge in [0.15, 0.2) is 0 Å². The van der Waals surface area contributed by atoms with Crippen molar-refractivity contribution in [2.45, 2.75) is 31.8 Å². The summed E-state index contributed by atoms with van der Waals surface area (Å²) >= 11 is 0. The molecule has 1 fully saturated rings. The highest BCUT2D eigenvalue weighted by Crippen LogP contribution is 2.39. The van der Waals surface area contributed by atoms with Gasteiger partial charge in [-0.15, -0.1) is 0 Å². The van der Waals surface area contributed by atoms with Gasteiger partial charge in [0.25, 0.3) is 0 Å². The SMILES string of the molecule is CN1Cc2nc(C3CC3)[nH]c2C1. The molecule has 0 bridgehead atoms. The van der Waals surface area contributed by atoms with Crippen LogP contribution in [-0.4, -0.2) is 21.9 Å². The second-order valence-corrected chi connectivity index (χ2v) is 3.99. The zero-order valence-electron chi connectivity index (χ0n) is 7.30. The highest BCUT2D eigenvalue weighted by Gasteiger charge is 2.29. The Bertz CT molecular complexity index is 288. The van der Waals surface area contributed by atoms with Crippen molar-refractivity contribution >= 4 is 0 Å². The van der Waals surface area contributed by atoms with Crippen LogP contribution in [0.1, 0.15) is 36.0 Å². The van der Waals surface area contributed by atoms with E-state index in [0.29, 0.717) is 0 Å². The molecule has 2 heterocycles. The minimum Gasteiger partial charge on any atom is -0.344 e. The number of nitrogens with zero attached hydrogens (tertiary/aromatic N) is 2. The molecule has 0 spiro atoms. The molecule has 1 aliphatic carbocycles. The zero-order chi connectivity index (χ0) is 8.13. The van der Waals surface area contributed by atoms with Gasteiger partial charge in [-0.25, -0.2) is 4.98 Å². The van der Waals surface area contributed by atoms with Crippen molar-refractivity contribution in [2.24, 2.45) is 0 Å². The molecule has 3 heteroatoms. The number of hydrogen-bond donors (Lipinski definition) is 1. The third-order valence-electron chi connectivity index (χ3n) is 2.69. The Morgan fingerprint density at radius 2 is 2.25 bits per heavy atom. The Kier molecular flexibility index (Phi) is 1.17. The van der Waals surface area contributed by atoms with Gasteiger partial charge in [0.05, 0.1) is 11.4 Å². The van der Waals surface area contributed by atoms with Crippen LogP contribution in [-0.2, 0) is 13.1 Å². The number of fused-ring (bicyclic) bond motifs is 1. The summed E-state index contributed by atoms with van der Waals surface area (Å²) in [4.78, 5) is 10.3. The van der Waals surface area contributed by atoms with E-state index in [-0.39, 0.29) is 0 Å². The van der Waals surface area contributed by atoms with Gasteiger partial charge >= 0.3 is 0 Å². The van der Waals surface area contributed by atoms with E-state index in [9.17, 15) is 0 Å². The fraction of sp³-hybridized carbons (Fsp3) is 0.667. The summed E-state index contributed by atoms with van der Waals surface area (Å²) in [7, 11) is 2.13. The van der Waals surface area contributed by atoms with Crippen molar-refractivity contribution in [3.05, 3.63) is 17.2 Å². The fourth-order valence-corrected chi connectivity index (χ4v) is 1.86. The smallest absolute Gasteiger partial charge is 0.109 e.